The highest BCUT2D eigenvalue weighted by Crippen LogP contribution is 2.37. The molecule has 0 radical (unpaired) electrons. The maximum absolute atomic E-state index is 13.1. The molecule has 1 aliphatic heterocycles. The summed E-state index contributed by atoms with van der Waals surface area (Å²) in [6.45, 7) is 1.66. The van der Waals surface area contributed by atoms with E-state index in [4.69, 9.17) is 4.74 Å². The summed E-state index contributed by atoms with van der Waals surface area (Å²) in [6.07, 6.45) is -4.41. The van der Waals surface area contributed by atoms with Crippen LogP contribution in [-0.4, -0.2) is 76.1 Å². The summed E-state index contributed by atoms with van der Waals surface area (Å²) in [7, 11) is -0.256. The van der Waals surface area contributed by atoms with Crippen LogP contribution in [0.5, 0.6) is 0 Å². The van der Waals surface area contributed by atoms with E-state index in [1.54, 1.807) is 57.4 Å². The Morgan fingerprint density at radius 1 is 1.02 bits per heavy atom. The monoisotopic (exact) mass is 647 g/mol. The molecule has 0 saturated carbocycles. The van der Waals surface area contributed by atoms with Gasteiger partial charge in [-0.15, -0.1) is 0 Å². The van der Waals surface area contributed by atoms with Crippen molar-refractivity contribution < 1.29 is 41.0 Å². The number of ether oxygens (including phenoxy) is 1. The lowest BCUT2D eigenvalue weighted by molar-refractivity contribution is -0.137. The van der Waals surface area contributed by atoms with Crippen molar-refractivity contribution >= 4 is 27.5 Å². The number of rotatable bonds is 10. The molecule has 0 aromatic heterocycles. The van der Waals surface area contributed by atoms with Gasteiger partial charge in [-0.2, -0.15) is 13.2 Å². The lowest BCUT2D eigenvalue weighted by Gasteiger charge is -2.27. The predicted octanol–water partition coefficient (Wildman–Crippen LogP) is 5.02. The molecule has 3 aromatic rings. The summed E-state index contributed by atoms with van der Waals surface area (Å²) < 4.78 is 68.9. The molecule has 1 unspecified atom stereocenters. The molecule has 1 fully saturated rings. The van der Waals surface area contributed by atoms with Crippen molar-refractivity contribution in [1.29, 1.82) is 0 Å². The molecule has 242 valence electrons. The molecular weight excluding hydrogens is 611 g/mol. The van der Waals surface area contributed by atoms with E-state index in [0.717, 1.165) is 23.4 Å². The first kappa shape index (κ1) is 33.8. The number of sulfone groups is 1. The van der Waals surface area contributed by atoms with Gasteiger partial charge < -0.3 is 25.0 Å². The SMILES string of the molecule is CCS(=O)(=O)c1ccc([C@H](CO)NC(=O)c2ccc(N3CC(c4ccc(C(F)(F)F)cc4)C[C@H]3COC(=O)N(C)C)cc2)cc1. The number of carbonyl (C=O) groups excluding carboxylic acids is 2. The van der Waals surface area contributed by atoms with Gasteiger partial charge in [0.25, 0.3) is 5.91 Å². The lowest BCUT2D eigenvalue weighted by atomic mass is 9.95. The van der Waals surface area contributed by atoms with Crippen LogP contribution in [0.25, 0.3) is 0 Å². The normalized spacial score (nSPS) is 17.5. The molecule has 0 aliphatic carbocycles. The molecule has 45 heavy (non-hydrogen) atoms. The van der Waals surface area contributed by atoms with Crippen molar-refractivity contribution in [2.24, 2.45) is 0 Å². The molecule has 2 N–H and O–H groups in total. The van der Waals surface area contributed by atoms with E-state index in [1.165, 1.54) is 29.2 Å². The maximum atomic E-state index is 13.1. The molecular formula is C32H36F3N3O6S. The van der Waals surface area contributed by atoms with Crippen molar-refractivity contribution in [3.63, 3.8) is 0 Å². The second-order valence-corrected chi connectivity index (χ2v) is 13.3. The topological polar surface area (TPSA) is 116 Å². The third-order valence-electron chi connectivity index (χ3n) is 7.86. The van der Waals surface area contributed by atoms with Crippen LogP contribution in [0.4, 0.5) is 23.7 Å². The average molecular weight is 648 g/mol. The van der Waals surface area contributed by atoms with Gasteiger partial charge in [0.1, 0.15) is 6.61 Å². The van der Waals surface area contributed by atoms with E-state index in [9.17, 15) is 36.3 Å². The highest BCUT2D eigenvalue weighted by molar-refractivity contribution is 7.91. The van der Waals surface area contributed by atoms with Crippen LogP contribution in [-0.2, 0) is 20.8 Å². The Bertz CT molecular complexity index is 1580. The van der Waals surface area contributed by atoms with E-state index >= 15 is 0 Å². The van der Waals surface area contributed by atoms with E-state index in [0.29, 0.717) is 24.1 Å². The molecule has 1 heterocycles. The summed E-state index contributed by atoms with van der Waals surface area (Å²) >= 11 is 0. The Labute approximate surface area is 260 Å². The largest absolute Gasteiger partial charge is 0.447 e. The van der Waals surface area contributed by atoms with Gasteiger partial charge in [-0.05, 0) is 66.1 Å². The van der Waals surface area contributed by atoms with Gasteiger partial charge in [0, 0.05) is 37.8 Å². The third-order valence-corrected chi connectivity index (χ3v) is 9.61. The highest BCUT2D eigenvalue weighted by atomic mass is 32.2. The van der Waals surface area contributed by atoms with Crippen LogP contribution in [0.15, 0.2) is 77.7 Å². The molecule has 0 spiro atoms. The predicted molar refractivity (Wildman–Crippen MR) is 163 cm³/mol. The number of alkyl halides is 3. The zero-order chi connectivity index (χ0) is 32.9. The number of halogens is 3. The summed E-state index contributed by atoms with van der Waals surface area (Å²) in [4.78, 5) is 28.7. The molecule has 2 amide bonds. The minimum absolute atomic E-state index is 0.0440. The molecule has 13 heteroatoms. The Morgan fingerprint density at radius 3 is 2.18 bits per heavy atom. The number of nitrogens with zero attached hydrogens (tertiary/aromatic N) is 2. The van der Waals surface area contributed by atoms with Gasteiger partial charge in [-0.1, -0.05) is 31.2 Å². The van der Waals surface area contributed by atoms with Crippen molar-refractivity contribution in [3.05, 3.63) is 95.1 Å². The smallest absolute Gasteiger partial charge is 0.416 e. The first-order valence-electron chi connectivity index (χ1n) is 14.4. The number of carbonyl (C=O) groups is 2. The molecule has 1 aliphatic rings. The van der Waals surface area contributed by atoms with Gasteiger partial charge >= 0.3 is 12.3 Å². The molecule has 3 atom stereocenters. The van der Waals surface area contributed by atoms with Gasteiger partial charge in [-0.25, -0.2) is 13.2 Å². The van der Waals surface area contributed by atoms with Crippen LogP contribution in [0.1, 0.15) is 52.4 Å². The number of anilines is 1. The zero-order valence-corrected chi connectivity index (χ0v) is 25.9. The van der Waals surface area contributed by atoms with E-state index in [1.807, 2.05) is 4.90 Å². The Balaban J connectivity index is 1.49. The number of nitrogens with one attached hydrogen (secondary N) is 1. The van der Waals surface area contributed by atoms with Gasteiger partial charge in [0.2, 0.25) is 0 Å². The molecule has 9 nitrogen and oxygen atoms in total. The standard InChI is InChI=1S/C32H36F3N3O6S/c1-4-45(42,43)28-15-9-22(10-16-28)29(19-39)36-30(40)23-7-13-26(14-8-23)38-18-24(17-27(38)20-44-31(41)37(2)3)21-5-11-25(12-6-21)32(33,34)35/h5-16,24,27,29,39H,4,17-20H2,1-3H3,(H,36,40)/t24?,27-,29-/m0/s1. The first-order chi connectivity index (χ1) is 21.2. The fourth-order valence-electron chi connectivity index (χ4n) is 5.23. The Hall–Kier alpha value is -4.10. The third kappa shape index (κ3) is 8.14. The van der Waals surface area contributed by atoms with Crippen molar-refractivity contribution in [1.82, 2.24) is 10.2 Å². The summed E-state index contributed by atoms with van der Waals surface area (Å²) in [5, 5.41) is 12.7. The molecule has 1 saturated heterocycles. The fraction of sp³-hybridized carbons (Fsp3) is 0.375. The number of hydrogen-bond acceptors (Lipinski definition) is 7. The van der Waals surface area contributed by atoms with Crippen LogP contribution in [0.2, 0.25) is 0 Å². The van der Waals surface area contributed by atoms with Gasteiger partial charge in [0.05, 0.1) is 34.9 Å². The first-order valence-corrected chi connectivity index (χ1v) is 16.0. The van der Waals surface area contributed by atoms with Crippen molar-refractivity contribution in [3.8, 4) is 0 Å². The Kier molecular flexibility index (Phi) is 10.4. The zero-order valence-electron chi connectivity index (χ0n) is 25.1. The second-order valence-electron chi connectivity index (χ2n) is 11.1. The average Bonchev–Trinajstić information content (AvgIpc) is 3.46. The van der Waals surface area contributed by atoms with Crippen LogP contribution >= 0.6 is 0 Å². The van der Waals surface area contributed by atoms with Crippen molar-refractivity contribution in [2.45, 2.75) is 42.4 Å². The maximum Gasteiger partial charge on any atom is 0.416 e. The summed E-state index contributed by atoms with van der Waals surface area (Å²) in [5.41, 5.74) is 1.60. The van der Waals surface area contributed by atoms with E-state index < -0.39 is 46.2 Å². The van der Waals surface area contributed by atoms with E-state index in [2.05, 4.69) is 5.32 Å². The summed E-state index contributed by atoms with van der Waals surface area (Å²) in [5.74, 6) is -0.619. The minimum atomic E-state index is -4.43. The van der Waals surface area contributed by atoms with Gasteiger partial charge in [-0.3, -0.25) is 4.79 Å². The number of amides is 2. The number of hydrogen-bond donors (Lipinski definition) is 2. The summed E-state index contributed by atoms with van der Waals surface area (Å²) in [6, 6.07) is 16.7. The van der Waals surface area contributed by atoms with Crippen LogP contribution in [0.3, 0.4) is 0 Å². The van der Waals surface area contributed by atoms with Crippen molar-refractivity contribution in [2.75, 3.05) is 44.5 Å². The number of aliphatic hydroxyl groups excluding tert-OH is 1. The van der Waals surface area contributed by atoms with E-state index in [-0.39, 0.29) is 29.2 Å². The number of benzene rings is 3. The molecule has 0 bridgehead atoms. The van der Waals surface area contributed by atoms with Crippen LogP contribution < -0.4 is 10.2 Å². The second kappa shape index (κ2) is 13.9. The van der Waals surface area contributed by atoms with Gasteiger partial charge in [0.15, 0.2) is 9.84 Å². The van der Waals surface area contributed by atoms with Crippen LogP contribution in [0, 0.1) is 0 Å². The quantitative estimate of drug-likeness (QED) is 0.318. The molecule has 4 rings (SSSR count). The lowest BCUT2D eigenvalue weighted by Crippen LogP contribution is -2.35. The highest BCUT2D eigenvalue weighted by Gasteiger charge is 2.35. The minimum Gasteiger partial charge on any atom is -0.447 e. The number of aliphatic hydroxyl groups is 1. The molecule has 3 aromatic carbocycles. The fourth-order valence-corrected chi connectivity index (χ4v) is 6.11. The Morgan fingerprint density at radius 2 is 1.64 bits per heavy atom.